The number of nitrogen functional groups attached to an aromatic ring is 1. The molecule has 0 saturated heterocycles. The molecule has 2 aromatic rings. The van der Waals surface area contributed by atoms with Gasteiger partial charge in [0.25, 0.3) is 0 Å². The number of aliphatic hydroxyl groups is 1. The normalized spacial score (nSPS) is 12.2. The second-order valence-corrected chi connectivity index (χ2v) is 4.78. The van der Waals surface area contributed by atoms with Crippen LogP contribution in [0.5, 0.6) is 5.75 Å². The Balaban J connectivity index is 2.17. The number of methoxy groups -OCH3 is 1. The van der Waals surface area contributed by atoms with E-state index in [1.807, 2.05) is 24.3 Å². The van der Waals surface area contributed by atoms with Gasteiger partial charge in [0.05, 0.1) is 13.2 Å². The van der Waals surface area contributed by atoms with Gasteiger partial charge in [-0.1, -0.05) is 29.8 Å². The average molecular weight is 278 g/mol. The Morgan fingerprint density at radius 2 is 2.05 bits per heavy atom. The summed E-state index contributed by atoms with van der Waals surface area (Å²) in [5.41, 5.74) is 8.04. The Hall–Kier alpha value is -1.71. The number of halogens is 1. The van der Waals surface area contributed by atoms with Crippen molar-refractivity contribution in [2.45, 2.75) is 12.5 Å². The molecule has 0 spiro atoms. The molecule has 1 atom stereocenters. The highest BCUT2D eigenvalue weighted by molar-refractivity contribution is 6.30. The zero-order valence-electron chi connectivity index (χ0n) is 10.6. The Labute approximate surface area is 117 Å². The van der Waals surface area contributed by atoms with Crippen LogP contribution in [0.2, 0.25) is 5.02 Å². The zero-order chi connectivity index (χ0) is 13.8. The fourth-order valence-electron chi connectivity index (χ4n) is 1.98. The molecule has 0 aromatic heterocycles. The van der Waals surface area contributed by atoms with Crippen molar-refractivity contribution in [2.24, 2.45) is 0 Å². The lowest BCUT2D eigenvalue weighted by atomic mass is 10.00. The van der Waals surface area contributed by atoms with E-state index in [0.717, 1.165) is 11.3 Å². The van der Waals surface area contributed by atoms with Gasteiger partial charge in [0.15, 0.2) is 0 Å². The van der Waals surface area contributed by atoms with Crippen molar-refractivity contribution in [3.05, 3.63) is 58.6 Å². The van der Waals surface area contributed by atoms with Crippen LogP contribution in [0.4, 0.5) is 5.69 Å². The third-order valence-corrected chi connectivity index (χ3v) is 3.21. The summed E-state index contributed by atoms with van der Waals surface area (Å²) in [6, 6.07) is 12.7. The first-order valence-electron chi connectivity index (χ1n) is 5.96. The molecule has 0 radical (unpaired) electrons. The van der Waals surface area contributed by atoms with E-state index in [1.165, 1.54) is 0 Å². The molecule has 0 aliphatic carbocycles. The smallest absolute Gasteiger partial charge is 0.119 e. The Bertz CT molecular complexity index is 572. The van der Waals surface area contributed by atoms with Gasteiger partial charge in [0.2, 0.25) is 0 Å². The van der Waals surface area contributed by atoms with Crippen molar-refractivity contribution >= 4 is 17.3 Å². The molecule has 0 fully saturated rings. The molecule has 0 saturated carbocycles. The van der Waals surface area contributed by atoms with Gasteiger partial charge in [-0.2, -0.15) is 0 Å². The summed E-state index contributed by atoms with van der Waals surface area (Å²) in [7, 11) is 1.62. The van der Waals surface area contributed by atoms with E-state index >= 15 is 0 Å². The van der Waals surface area contributed by atoms with Crippen LogP contribution >= 0.6 is 11.6 Å². The average Bonchev–Trinajstić information content (AvgIpc) is 2.38. The molecule has 0 aliphatic rings. The minimum absolute atomic E-state index is 0.475. The first-order chi connectivity index (χ1) is 9.10. The number of nitrogens with two attached hydrogens (primary N) is 1. The lowest BCUT2D eigenvalue weighted by Gasteiger charge is -2.14. The largest absolute Gasteiger partial charge is 0.497 e. The molecule has 4 heteroatoms. The standard InChI is InChI=1S/C15H16ClNO2/c1-19-12-4-2-3-10(7-12)8-15(18)13-6-5-11(16)9-14(13)17/h2-7,9,15,18H,8,17H2,1H3. The number of ether oxygens (including phenoxy) is 1. The van der Waals surface area contributed by atoms with Crippen LogP contribution in [0.3, 0.4) is 0 Å². The van der Waals surface area contributed by atoms with Crippen LogP contribution in [-0.2, 0) is 6.42 Å². The summed E-state index contributed by atoms with van der Waals surface area (Å²) in [5, 5.41) is 10.8. The van der Waals surface area contributed by atoms with Crippen molar-refractivity contribution in [3.63, 3.8) is 0 Å². The van der Waals surface area contributed by atoms with Crippen LogP contribution in [0.25, 0.3) is 0 Å². The predicted octanol–water partition coefficient (Wildman–Crippen LogP) is 3.21. The van der Waals surface area contributed by atoms with Gasteiger partial charge in [-0.3, -0.25) is 0 Å². The molecule has 2 rings (SSSR count). The molecule has 0 bridgehead atoms. The van der Waals surface area contributed by atoms with Crippen LogP contribution < -0.4 is 10.5 Å². The van der Waals surface area contributed by atoms with Crippen LogP contribution in [0.1, 0.15) is 17.2 Å². The maximum Gasteiger partial charge on any atom is 0.119 e. The van der Waals surface area contributed by atoms with E-state index in [1.54, 1.807) is 25.3 Å². The molecule has 3 nitrogen and oxygen atoms in total. The first-order valence-corrected chi connectivity index (χ1v) is 6.34. The molecule has 3 N–H and O–H groups in total. The number of hydrogen-bond acceptors (Lipinski definition) is 3. The van der Waals surface area contributed by atoms with E-state index in [4.69, 9.17) is 22.1 Å². The Kier molecular flexibility index (Phi) is 4.30. The number of anilines is 1. The third kappa shape index (κ3) is 3.40. The zero-order valence-corrected chi connectivity index (χ0v) is 11.4. The second kappa shape index (κ2) is 5.95. The molecule has 2 aromatic carbocycles. The van der Waals surface area contributed by atoms with Crippen molar-refractivity contribution in [1.82, 2.24) is 0 Å². The van der Waals surface area contributed by atoms with Gasteiger partial charge < -0.3 is 15.6 Å². The van der Waals surface area contributed by atoms with Gasteiger partial charge in [-0.05, 0) is 29.8 Å². The molecule has 0 aliphatic heterocycles. The van der Waals surface area contributed by atoms with E-state index in [9.17, 15) is 5.11 Å². The molecule has 1 unspecified atom stereocenters. The summed E-state index contributed by atoms with van der Waals surface area (Å²) < 4.78 is 5.16. The third-order valence-electron chi connectivity index (χ3n) is 2.97. The van der Waals surface area contributed by atoms with Crippen LogP contribution in [0.15, 0.2) is 42.5 Å². The summed E-state index contributed by atoms with van der Waals surface area (Å²) >= 11 is 5.84. The summed E-state index contributed by atoms with van der Waals surface area (Å²) in [4.78, 5) is 0. The van der Waals surface area contributed by atoms with Gasteiger partial charge in [-0.25, -0.2) is 0 Å². The van der Waals surface area contributed by atoms with Crippen LogP contribution in [0, 0.1) is 0 Å². The Morgan fingerprint density at radius 3 is 2.74 bits per heavy atom. The lowest BCUT2D eigenvalue weighted by molar-refractivity contribution is 0.179. The highest BCUT2D eigenvalue weighted by atomic mass is 35.5. The number of benzene rings is 2. The molecular formula is C15H16ClNO2. The highest BCUT2D eigenvalue weighted by Gasteiger charge is 2.12. The first kappa shape index (κ1) is 13.7. The van der Waals surface area contributed by atoms with Crippen molar-refractivity contribution < 1.29 is 9.84 Å². The predicted molar refractivity (Wildman–Crippen MR) is 77.5 cm³/mol. The van der Waals surface area contributed by atoms with E-state index in [0.29, 0.717) is 22.7 Å². The van der Waals surface area contributed by atoms with Gasteiger partial charge in [-0.15, -0.1) is 0 Å². The Morgan fingerprint density at radius 1 is 1.26 bits per heavy atom. The fraction of sp³-hybridized carbons (Fsp3) is 0.200. The molecule has 19 heavy (non-hydrogen) atoms. The van der Waals surface area contributed by atoms with Crippen molar-refractivity contribution in [3.8, 4) is 5.75 Å². The van der Waals surface area contributed by atoms with Crippen molar-refractivity contribution in [2.75, 3.05) is 12.8 Å². The van der Waals surface area contributed by atoms with Gasteiger partial charge in [0.1, 0.15) is 5.75 Å². The highest BCUT2D eigenvalue weighted by Crippen LogP contribution is 2.27. The number of aliphatic hydroxyl groups excluding tert-OH is 1. The second-order valence-electron chi connectivity index (χ2n) is 4.34. The number of rotatable bonds is 4. The fourth-order valence-corrected chi connectivity index (χ4v) is 2.16. The monoisotopic (exact) mass is 277 g/mol. The SMILES string of the molecule is COc1cccc(CC(O)c2ccc(Cl)cc2N)c1. The minimum atomic E-state index is -0.663. The summed E-state index contributed by atoms with van der Waals surface area (Å²) in [6.07, 6.45) is -0.187. The maximum atomic E-state index is 10.2. The van der Waals surface area contributed by atoms with Gasteiger partial charge in [0, 0.05) is 22.7 Å². The maximum absolute atomic E-state index is 10.2. The lowest BCUT2D eigenvalue weighted by Crippen LogP contribution is -2.05. The quantitative estimate of drug-likeness (QED) is 0.844. The van der Waals surface area contributed by atoms with E-state index < -0.39 is 6.10 Å². The number of hydrogen-bond donors (Lipinski definition) is 2. The summed E-state index contributed by atoms with van der Waals surface area (Å²) in [5.74, 6) is 0.772. The van der Waals surface area contributed by atoms with Gasteiger partial charge >= 0.3 is 0 Å². The summed E-state index contributed by atoms with van der Waals surface area (Å²) in [6.45, 7) is 0. The molecular weight excluding hydrogens is 262 g/mol. The van der Waals surface area contributed by atoms with Crippen LogP contribution in [-0.4, -0.2) is 12.2 Å². The molecule has 0 amide bonds. The topological polar surface area (TPSA) is 55.5 Å². The minimum Gasteiger partial charge on any atom is -0.497 e. The van der Waals surface area contributed by atoms with E-state index in [2.05, 4.69) is 0 Å². The molecule has 0 heterocycles. The van der Waals surface area contributed by atoms with E-state index in [-0.39, 0.29) is 0 Å². The van der Waals surface area contributed by atoms with Crippen molar-refractivity contribution in [1.29, 1.82) is 0 Å². The molecule has 100 valence electrons.